The van der Waals surface area contributed by atoms with Gasteiger partial charge in [-0.2, -0.15) is 0 Å². The zero-order valence-electron chi connectivity index (χ0n) is 13.3. The van der Waals surface area contributed by atoms with Crippen molar-refractivity contribution in [1.29, 1.82) is 0 Å². The average Bonchev–Trinajstić information content (AvgIpc) is 2.44. The van der Waals surface area contributed by atoms with Crippen molar-refractivity contribution in [2.75, 3.05) is 19.6 Å². The molecule has 0 saturated heterocycles. The van der Waals surface area contributed by atoms with E-state index in [1.165, 1.54) is 12.8 Å². The fraction of sp³-hybridized carbons (Fsp3) is 0.867. The molecule has 0 bridgehead atoms. The summed E-state index contributed by atoms with van der Waals surface area (Å²) in [6, 6.07) is -0.157. The van der Waals surface area contributed by atoms with E-state index in [2.05, 4.69) is 19.2 Å². The van der Waals surface area contributed by atoms with Crippen LogP contribution in [0.3, 0.4) is 0 Å². The molecule has 2 amide bonds. The van der Waals surface area contributed by atoms with Crippen LogP contribution >= 0.6 is 0 Å². The molecule has 2 N–H and O–H groups in total. The van der Waals surface area contributed by atoms with E-state index in [-0.39, 0.29) is 12.6 Å². The van der Waals surface area contributed by atoms with Gasteiger partial charge in [-0.1, -0.05) is 40.0 Å². The smallest absolute Gasteiger partial charge is 0.317 e. The summed E-state index contributed by atoms with van der Waals surface area (Å²) in [6.07, 6.45) is 4.53. The zero-order valence-corrected chi connectivity index (χ0v) is 13.3. The van der Waals surface area contributed by atoms with Gasteiger partial charge in [-0.05, 0) is 19.3 Å². The maximum Gasteiger partial charge on any atom is 0.317 e. The SMILES string of the molecule is CCCCC(CC)CNC(=O)N(CC)CC(C)C(=O)O. The third-order valence-electron chi connectivity index (χ3n) is 3.67. The Morgan fingerprint density at radius 3 is 2.35 bits per heavy atom. The molecule has 0 aliphatic heterocycles. The molecule has 0 radical (unpaired) electrons. The number of nitrogens with one attached hydrogen (secondary N) is 1. The van der Waals surface area contributed by atoms with Gasteiger partial charge in [0.25, 0.3) is 0 Å². The zero-order chi connectivity index (χ0) is 15.5. The van der Waals surface area contributed by atoms with Crippen molar-refractivity contribution < 1.29 is 14.7 Å². The summed E-state index contributed by atoms with van der Waals surface area (Å²) < 4.78 is 0. The van der Waals surface area contributed by atoms with Crippen LogP contribution in [0.2, 0.25) is 0 Å². The Morgan fingerprint density at radius 2 is 1.90 bits per heavy atom. The molecule has 5 nitrogen and oxygen atoms in total. The normalized spacial score (nSPS) is 13.6. The van der Waals surface area contributed by atoms with Crippen LogP contribution < -0.4 is 5.32 Å². The van der Waals surface area contributed by atoms with Gasteiger partial charge in [0.2, 0.25) is 0 Å². The molecular weight excluding hydrogens is 256 g/mol. The van der Waals surface area contributed by atoms with E-state index in [4.69, 9.17) is 5.11 Å². The molecule has 0 aromatic carbocycles. The van der Waals surface area contributed by atoms with Crippen LogP contribution in [-0.4, -0.2) is 41.6 Å². The first-order valence-electron chi connectivity index (χ1n) is 7.71. The molecule has 2 unspecified atom stereocenters. The van der Waals surface area contributed by atoms with Crippen molar-refractivity contribution in [3.05, 3.63) is 0 Å². The first-order chi connectivity index (χ1) is 9.46. The van der Waals surface area contributed by atoms with Crippen LogP contribution in [0.1, 0.15) is 53.4 Å². The molecule has 20 heavy (non-hydrogen) atoms. The molecule has 0 aliphatic rings. The summed E-state index contributed by atoms with van der Waals surface area (Å²) in [5.41, 5.74) is 0. The third-order valence-corrected chi connectivity index (χ3v) is 3.67. The number of rotatable bonds is 10. The summed E-state index contributed by atoms with van der Waals surface area (Å²) >= 11 is 0. The quantitative estimate of drug-likeness (QED) is 0.648. The second-order valence-corrected chi connectivity index (χ2v) is 5.38. The molecule has 5 heteroatoms. The summed E-state index contributed by atoms with van der Waals surface area (Å²) in [4.78, 5) is 24.5. The second-order valence-electron chi connectivity index (χ2n) is 5.38. The number of carbonyl (C=O) groups is 2. The van der Waals surface area contributed by atoms with Crippen molar-refractivity contribution in [2.45, 2.75) is 53.4 Å². The number of nitrogens with zero attached hydrogens (tertiary/aromatic N) is 1. The highest BCUT2D eigenvalue weighted by Gasteiger charge is 2.19. The Morgan fingerprint density at radius 1 is 1.25 bits per heavy atom. The van der Waals surface area contributed by atoms with Crippen molar-refractivity contribution >= 4 is 12.0 Å². The number of urea groups is 1. The summed E-state index contributed by atoms with van der Waals surface area (Å²) in [5.74, 6) is -0.900. The van der Waals surface area contributed by atoms with E-state index in [0.29, 0.717) is 19.0 Å². The maximum absolute atomic E-state index is 12.0. The Kier molecular flexibility index (Phi) is 9.86. The van der Waals surface area contributed by atoms with E-state index in [1.807, 2.05) is 6.92 Å². The number of amides is 2. The van der Waals surface area contributed by atoms with Gasteiger partial charge >= 0.3 is 12.0 Å². The second kappa shape index (κ2) is 10.5. The minimum absolute atomic E-state index is 0.157. The van der Waals surface area contributed by atoms with Crippen molar-refractivity contribution in [3.8, 4) is 0 Å². The van der Waals surface area contributed by atoms with E-state index in [9.17, 15) is 9.59 Å². The molecule has 0 heterocycles. The summed E-state index contributed by atoms with van der Waals surface area (Å²) in [5, 5.41) is 11.8. The van der Waals surface area contributed by atoms with E-state index in [1.54, 1.807) is 11.8 Å². The van der Waals surface area contributed by atoms with Crippen molar-refractivity contribution in [1.82, 2.24) is 10.2 Å². The van der Waals surface area contributed by atoms with Gasteiger partial charge < -0.3 is 15.3 Å². The van der Waals surface area contributed by atoms with Crippen LogP contribution in [0.5, 0.6) is 0 Å². The molecule has 0 fully saturated rings. The van der Waals surface area contributed by atoms with Gasteiger partial charge in [-0.3, -0.25) is 4.79 Å². The minimum Gasteiger partial charge on any atom is -0.481 e. The predicted molar refractivity (Wildman–Crippen MR) is 80.8 cm³/mol. The van der Waals surface area contributed by atoms with Crippen LogP contribution in [0, 0.1) is 11.8 Å². The lowest BCUT2D eigenvalue weighted by Crippen LogP contribution is -2.44. The molecule has 0 saturated carbocycles. The van der Waals surface area contributed by atoms with Gasteiger partial charge in [0.15, 0.2) is 0 Å². The molecular formula is C15H30N2O3. The lowest BCUT2D eigenvalue weighted by molar-refractivity contribution is -0.141. The van der Waals surface area contributed by atoms with Crippen molar-refractivity contribution in [3.63, 3.8) is 0 Å². The lowest BCUT2D eigenvalue weighted by Gasteiger charge is -2.24. The monoisotopic (exact) mass is 286 g/mol. The Labute approximate surface area is 122 Å². The van der Waals surface area contributed by atoms with Crippen LogP contribution in [0.15, 0.2) is 0 Å². The lowest BCUT2D eigenvalue weighted by atomic mass is 9.99. The van der Waals surface area contributed by atoms with Gasteiger partial charge in [0, 0.05) is 19.6 Å². The largest absolute Gasteiger partial charge is 0.481 e. The van der Waals surface area contributed by atoms with Gasteiger partial charge in [-0.15, -0.1) is 0 Å². The highest BCUT2D eigenvalue weighted by molar-refractivity contribution is 5.75. The Balaban J connectivity index is 4.23. The van der Waals surface area contributed by atoms with Gasteiger partial charge in [0.1, 0.15) is 0 Å². The fourth-order valence-electron chi connectivity index (χ4n) is 2.05. The Hall–Kier alpha value is -1.26. The molecule has 0 spiro atoms. The Bertz CT molecular complexity index is 295. The molecule has 0 aromatic heterocycles. The predicted octanol–water partition coefficient (Wildman–Crippen LogP) is 2.96. The van der Waals surface area contributed by atoms with Gasteiger partial charge in [-0.25, -0.2) is 4.79 Å². The topological polar surface area (TPSA) is 69.6 Å². The molecule has 0 aromatic rings. The number of carboxylic acids is 1. The number of hydrogen-bond donors (Lipinski definition) is 2. The van der Waals surface area contributed by atoms with Gasteiger partial charge in [0.05, 0.1) is 5.92 Å². The minimum atomic E-state index is -0.870. The standard InChI is InChI=1S/C15H30N2O3/c1-5-8-9-13(6-2)10-16-15(20)17(7-3)11-12(4)14(18)19/h12-13H,5-11H2,1-4H3,(H,16,20)(H,18,19). The highest BCUT2D eigenvalue weighted by atomic mass is 16.4. The molecule has 118 valence electrons. The number of carboxylic acid groups (broad SMARTS) is 1. The van der Waals surface area contributed by atoms with Crippen LogP contribution in [0.4, 0.5) is 4.79 Å². The van der Waals surface area contributed by atoms with Crippen molar-refractivity contribution in [2.24, 2.45) is 11.8 Å². The first-order valence-corrected chi connectivity index (χ1v) is 7.71. The van der Waals surface area contributed by atoms with Crippen LogP contribution in [0.25, 0.3) is 0 Å². The number of carbonyl (C=O) groups excluding carboxylic acids is 1. The molecule has 0 aliphatic carbocycles. The number of unbranched alkanes of at least 4 members (excludes halogenated alkanes) is 1. The van der Waals surface area contributed by atoms with E-state index >= 15 is 0 Å². The van der Waals surface area contributed by atoms with E-state index < -0.39 is 11.9 Å². The average molecular weight is 286 g/mol. The van der Waals surface area contributed by atoms with E-state index in [0.717, 1.165) is 12.8 Å². The van der Waals surface area contributed by atoms with Crippen LogP contribution in [-0.2, 0) is 4.79 Å². The number of aliphatic carboxylic acids is 1. The maximum atomic E-state index is 12.0. The third kappa shape index (κ3) is 7.36. The molecule has 2 atom stereocenters. The summed E-state index contributed by atoms with van der Waals surface area (Å²) in [6.45, 7) is 9.23. The fourth-order valence-corrected chi connectivity index (χ4v) is 2.05. The molecule has 0 rings (SSSR count). The first kappa shape index (κ1) is 18.7. The number of hydrogen-bond acceptors (Lipinski definition) is 2. The highest BCUT2D eigenvalue weighted by Crippen LogP contribution is 2.11. The summed E-state index contributed by atoms with van der Waals surface area (Å²) in [7, 11) is 0.